The van der Waals surface area contributed by atoms with E-state index in [1.807, 2.05) is 37.3 Å². The van der Waals surface area contributed by atoms with Gasteiger partial charge in [-0.3, -0.25) is 9.59 Å². The molecular formula is C29H25F2N3O4S. The molecule has 1 saturated heterocycles. The first-order valence-corrected chi connectivity index (χ1v) is 13.5. The Hall–Kier alpha value is -3.89. The van der Waals surface area contributed by atoms with Crippen molar-refractivity contribution in [1.29, 1.82) is 0 Å². The predicted octanol–water partition coefficient (Wildman–Crippen LogP) is 5.01. The summed E-state index contributed by atoms with van der Waals surface area (Å²) in [5.41, 5.74) is 1.28. The number of carbonyl (C=O) groups excluding carboxylic acids is 1. The van der Waals surface area contributed by atoms with Crippen molar-refractivity contribution in [3.05, 3.63) is 105 Å². The number of ether oxygens (including phenoxy) is 2. The second kappa shape index (κ2) is 10.3. The highest BCUT2D eigenvalue weighted by atomic mass is 32.1. The Balaban J connectivity index is 1.40. The Morgan fingerprint density at radius 1 is 1.15 bits per heavy atom. The van der Waals surface area contributed by atoms with Crippen LogP contribution in [0.3, 0.4) is 0 Å². The molecule has 200 valence electrons. The van der Waals surface area contributed by atoms with Crippen LogP contribution in [0, 0.1) is 11.6 Å². The molecule has 1 fully saturated rings. The van der Waals surface area contributed by atoms with Gasteiger partial charge in [-0.1, -0.05) is 36.4 Å². The van der Waals surface area contributed by atoms with Crippen LogP contribution < -0.4 is 10.2 Å². The average molecular weight is 550 g/mol. The Labute approximate surface area is 227 Å². The van der Waals surface area contributed by atoms with E-state index in [9.17, 15) is 18.4 Å². The minimum atomic E-state index is -0.651. The molecule has 2 aliphatic heterocycles. The van der Waals surface area contributed by atoms with Gasteiger partial charge in [-0.05, 0) is 30.5 Å². The lowest BCUT2D eigenvalue weighted by Gasteiger charge is -2.44. The van der Waals surface area contributed by atoms with Crippen molar-refractivity contribution in [2.45, 2.75) is 45.2 Å². The van der Waals surface area contributed by atoms with Gasteiger partial charge >= 0.3 is 0 Å². The standard InChI is InChI=1S/C29H25F2N3O4S/c1-17-9-10-37-25-15-33-14-21(23-13-32-24(39-23)11-19-7-8-20(30)12-22(19)31)27(35)28(26(33)29(36)34(17)25)38-16-18-5-3-2-4-6-18/h2-8,12-14,17,25H,9-11,15-16H2,1H3/t17-,25+/m1/s1. The maximum atomic E-state index is 14.2. The monoisotopic (exact) mass is 549 g/mol. The van der Waals surface area contributed by atoms with Crippen molar-refractivity contribution < 1.29 is 23.0 Å². The van der Waals surface area contributed by atoms with Crippen LogP contribution in [-0.4, -0.2) is 39.2 Å². The molecule has 2 aliphatic rings. The zero-order valence-electron chi connectivity index (χ0n) is 21.1. The Morgan fingerprint density at radius 2 is 1.97 bits per heavy atom. The lowest BCUT2D eigenvalue weighted by Crippen LogP contribution is -2.57. The van der Waals surface area contributed by atoms with Gasteiger partial charge in [0.25, 0.3) is 5.91 Å². The number of hydrogen-bond donors (Lipinski definition) is 0. The van der Waals surface area contributed by atoms with Gasteiger partial charge in [-0.15, -0.1) is 11.3 Å². The van der Waals surface area contributed by atoms with Gasteiger partial charge in [0, 0.05) is 30.9 Å². The minimum Gasteiger partial charge on any atom is -0.483 e. The van der Waals surface area contributed by atoms with E-state index >= 15 is 0 Å². The van der Waals surface area contributed by atoms with Crippen LogP contribution in [0.25, 0.3) is 10.4 Å². The number of pyridine rings is 1. The van der Waals surface area contributed by atoms with Crippen molar-refractivity contribution in [2.75, 3.05) is 6.61 Å². The SMILES string of the molecule is C[C@@H]1CCO[C@H]2Cn3cc(-c4cnc(Cc5ccc(F)cc5F)s4)c(=O)c(OCc4ccccc4)c3C(=O)N12. The fourth-order valence-corrected chi connectivity index (χ4v) is 5.97. The smallest absolute Gasteiger partial charge is 0.276 e. The number of benzene rings is 2. The lowest BCUT2D eigenvalue weighted by atomic mass is 10.1. The Kier molecular flexibility index (Phi) is 6.74. The highest BCUT2D eigenvalue weighted by molar-refractivity contribution is 7.15. The van der Waals surface area contributed by atoms with Gasteiger partial charge in [0.1, 0.15) is 18.2 Å². The quantitative estimate of drug-likeness (QED) is 0.338. The first kappa shape index (κ1) is 25.4. The molecule has 4 heterocycles. The summed E-state index contributed by atoms with van der Waals surface area (Å²) in [6.07, 6.45) is 3.64. The van der Waals surface area contributed by atoms with E-state index in [2.05, 4.69) is 4.98 Å². The summed E-state index contributed by atoms with van der Waals surface area (Å²) in [4.78, 5) is 34.2. The van der Waals surface area contributed by atoms with Gasteiger partial charge in [0.2, 0.25) is 5.43 Å². The molecule has 0 spiro atoms. The number of fused-ring (bicyclic) bond motifs is 2. The zero-order chi connectivity index (χ0) is 27.1. The van der Waals surface area contributed by atoms with E-state index in [0.717, 1.165) is 11.6 Å². The van der Waals surface area contributed by atoms with Crippen molar-refractivity contribution in [2.24, 2.45) is 0 Å². The number of nitrogens with zero attached hydrogens (tertiary/aromatic N) is 3. The second-order valence-electron chi connectivity index (χ2n) is 9.68. The molecule has 4 aromatic rings. The third kappa shape index (κ3) is 4.86. The number of carbonyl (C=O) groups is 1. The molecule has 1 amide bonds. The maximum Gasteiger partial charge on any atom is 0.276 e. The van der Waals surface area contributed by atoms with Crippen molar-refractivity contribution in [3.8, 4) is 16.2 Å². The van der Waals surface area contributed by atoms with Crippen LogP contribution in [0.1, 0.15) is 40.0 Å². The van der Waals surface area contributed by atoms with E-state index in [1.165, 1.54) is 23.5 Å². The fraction of sp³-hybridized carbons (Fsp3) is 0.276. The number of aromatic nitrogens is 2. The van der Waals surface area contributed by atoms with Gasteiger partial charge in [-0.25, -0.2) is 13.8 Å². The normalized spacial score (nSPS) is 18.5. The molecule has 6 rings (SSSR count). The van der Waals surface area contributed by atoms with Crippen LogP contribution >= 0.6 is 11.3 Å². The van der Waals surface area contributed by atoms with Crippen LogP contribution in [0.4, 0.5) is 8.78 Å². The van der Waals surface area contributed by atoms with E-state index in [-0.39, 0.29) is 36.4 Å². The van der Waals surface area contributed by atoms with Crippen LogP contribution in [0.2, 0.25) is 0 Å². The minimum absolute atomic E-state index is 0.0166. The summed E-state index contributed by atoms with van der Waals surface area (Å²) in [6, 6.07) is 12.8. The fourth-order valence-electron chi connectivity index (χ4n) is 5.03. The first-order valence-electron chi connectivity index (χ1n) is 12.7. The van der Waals surface area contributed by atoms with Gasteiger partial charge < -0.3 is 18.9 Å². The summed E-state index contributed by atoms with van der Waals surface area (Å²) < 4.78 is 41.3. The molecule has 2 atom stereocenters. The molecule has 2 aromatic carbocycles. The first-order chi connectivity index (χ1) is 18.9. The average Bonchev–Trinajstić information content (AvgIpc) is 3.38. The predicted molar refractivity (Wildman–Crippen MR) is 142 cm³/mol. The van der Waals surface area contributed by atoms with Gasteiger partial charge in [-0.2, -0.15) is 0 Å². The zero-order valence-corrected chi connectivity index (χ0v) is 21.9. The number of hydrogen-bond acceptors (Lipinski definition) is 6. The maximum absolute atomic E-state index is 14.2. The summed E-state index contributed by atoms with van der Waals surface area (Å²) >= 11 is 1.24. The number of halogens is 2. The van der Waals surface area contributed by atoms with Crippen molar-refractivity contribution in [3.63, 3.8) is 0 Å². The Bertz CT molecular complexity index is 1600. The summed E-state index contributed by atoms with van der Waals surface area (Å²) in [5.74, 6) is -1.62. The molecule has 0 N–H and O–H groups in total. The van der Waals surface area contributed by atoms with Gasteiger partial charge in [0.05, 0.1) is 28.6 Å². The van der Waals surface area contributed by atoms with Gasteiger partial charge in [0.15, 0.2) is 17.7 Å². The molecular weight excluding hydrogens is 524 g/mol. The molecule has 0 radical (unpaired) electrons. The molecule has 0 aliphatic carbocycles. The Morgan fingerprint density at radius 3 is 2.77 bits per heavy atom. The lowest BCUT2D eigenvalue weighted by molar-refractivity contribution is -0.112. The highest BCUT2D eigenvalue weighted by Gasteiger charge is 2.41. The summed E-state index contributed by atoms with van der Waals surface area (Å²) in [7, 11) is 0. The van der Waals surface area contributed by atoms with Crippen molar-refractivity contribution in [1.82, 2.24) is 14.5 Å². The third-order valence-corrected chi connectivity index (χ3v) is 8.09. The molecule has 0 unspecified atom stereocenters. The van der Waals surface area contributed by atoms with Crippen LogP contribution in [0.15, 0.2) is 65.7 Å². The second-order valence-corrected chi connectivity index (χ2v) is 10.8. The van der Waals surface area contributed by atoms with Crippen molar-refractivity contribution >= 4 is 17.2 Å². The highest BCUT2D eigenvalue weighted by Crippen LogP contribution is 2.33. The number of thiazole rings is 1. The summed E-state index contributed by atoms with van der Waals surface area (Å²) in [5, 5.41) is 0.566. The summed E-state index contributed by atoms with van der Waals surface area (Å²) in [6.45, 7) is 3.00. The third-order valence-electron chi connectivity index (χ3n) is 7.06. The molecule has 7 nitrogen and oxygen atoms in total. The van der Waals surface area contributed by atoms with E-state index < -0.39 is 23.3 Å². The molecule has 2 aromatic heterocycles. The largest absolute Gasteiger partial charge is 0.483 e. The number of amides is 1. The van der Waals surface area contributed by atoms with E-state index in [0.29, 0.717) is 40.6 Å². The molecule has 0 saturated carbocycles. The molecule has 39 heavy (non-hydrogen) atoms. The van der Waals surface area contributed by atoms with Crippen LogP contribution in [-0.2, 0) is 24.3 Å². The molecule has 10 heteroatoms. The van der Waals surface area contributed by atoms with Crippen LogP contribution in [0.5, 0.6) is 5.75 Å². The number of rotatable bonds is 6. The van der Waals surface area contributed by atoms with E-state index in [4.69, 9.17) is 9.47 Å². The molecule has 0 bridgehead atoms. The van der Waals surface area contributed by atoms with E-state index in [1.54, 1.807) is 21.9 Å². The topological polar surface area (TPSA) is 73.7 Å².